The normalized spacial score (nSPS) is 27.8. The zero-order valence-electron chi connectivity index (χ0n) is 21.2. The highest BCUT2D eigenvalue weighted by molar-refractivity contribution is 5.76. The lowest BCUT2D eigenvalue weighted by atomic mass is 9.69. The van der Waals surface area contributed by atoms with E-state index in [2.05, 4.69) is 6.92 Å². The zero-order valence-corrected chi connectivity index (χ0v) is 21.2. The molecule has 0 spiro atoms. The third-order valence-electron chi connectivity index (χ3n) is 8.80. The molecule has 1 heterocycles. The number of carbonyl (C=O) groups excluding carboxylic acids is 1. The van der Waals surface area contributed by atoms with E-state index in [-0.39, 0.29) is 35.0 Å². The molecule has 3 nitrogen and oxygen atoms in total. The topological polar surface area (TPSA) is 38.8 Å². The number of epoxide rings is 1. The van der Waals surface area contributed by atoms with Crippen molar-refractivity contribution in [3.63, 3.8) is 0 Å². The average molecular weight is 519 g/mol. The molecule has 5 rings (SSSR count). The van der Waals surface area contributed by atoms with Gasteiger partial charge in [0.1, 0.15) is 11.9 Å². The molecule has 2 aromatic carbocycles. The summed E-state index contributed by atoms with van der Waals surface area (Å²) >= 11 is 0. The van der Waals surface area contributed by atoms with Gasteiger partial charge in [-0.15, -0.1) is 0 Å². The molecule has 7 heteroatoms. The van der Waals surface area contributed by atoms with Gasteiger partial charge >= 0.3 is 5.97 Å². The molecule has 1 saturated heterocycles. The van der Waals surface area contributed by atoms with Crippen LogP contribution in [0.4, 0.5) is 17.6 Å². The minimum atomic E-state index is -3.08. The first-order chi connectivity index (χ1) is 17.9. The molecule has 0 radical (unpaired) electrons. The van der Waals surface area contributed by atoms with Crippen LogP contribution in [0.2, 0.25) is 0 Å². The second-order valence-corrected chi connectivity index (χ2v) is 10.9. The summed E-state index contributed by atoms with van der Waals surface area (Å²) < 4.78 is 67.6. The van der Waals surface area contributed by atoms with Gasteiger partial charge in [0.15, 0.2) is 11.6 Å². The highest BCUT2D eigenvalue weighted by Crippen LogP contribution is 2.43. The fraction of sp³-hybridized carbons (Fsp3) is 0.567. The number of hydrogen-bond donors (Lipinski definition) is 0. The van der Waals surface area contributed by atoms with Crippen molar-refractivity contribution in [2.75, 3.05) is 6.61 Å². The number of hydrogen-bond acceptors (Lipinski definition) is 3. The van der Waals surface area contributed by atoms with Crippen LogP contribution in [0.25, 0.3) is 11.1 Å². The Balaban J connectivity index is 1.22. The Morgan fingerprint density at radius 1 is 0.973 bits per heavy atom. The van der Waals surface area contributed by atoms with E-state index in [1.54, 1.807) is 0 Å². The highest BCUT2D eigenvalue weighted by atomic mass is 19.3. The summed E-state index contributed by atoms with van der Waals surface area (Å²) in [5.74, 6) is -0.564. The Hall–Kier alpha value is -2.41. The predicted octanol–water partition coefficient (Wildman–Crippen LogP) is 8.57. The van der Waals surface area contributed by atoms with Crippen LogP contribution in [0.5, 0.6) is 5.75 Å². The molecule has 2 aromatic rings. The first kappa shape index (κ1) is 26.2. The first-order valence-electron chi connectivity index (χ1n) is 13.6. The van der Waals surface area contributed by atoms with Crippen molar-refractivity contribution in [2.45, 2.75) is 77.2 Å². The molecule has 0 aromatic heterocycles. The fourth-order valence-electron chi connectivity index (χ4n) is 6.39. The summed E-state index contributed by atoms with van der Waals surface area (Å²) in [6, 6.07) is 6.40. The number of benzene rings is 2. The molecule has 37 heavy (non-hydrogen) atoms. The summed E-state index contributed by atoms with van der Waals surface area (Å²) in [6.45, 7) is 2.55. The number of carbonyl (C=O) groups is 1. The summed E-state index contributed by atoms with van der Waals surface area (Å²) in [6.07, 6.45) is 6.31. The van der Waals surface area contributed by atoms with E-state index in [1.807, 2.05) is 0 Å². The molecular formula is C30H34F4O3. The van der Waals surface area contributed by atoms with Crippen LogP contribution >= 0.6 is 0 Å². The minimum Gasteiger partial charge on any atom is -0.423 e. The monoisotopic (exact) mass is 518 g/mol. The molecule has 0 bridgehead atoms. The molecular weight excluding hydrogens is 484 g/mol. The molecule has 1 aliphatic heterocycles. The van der Waals surface area contributed by atoms with Gasteiger partial charge in [-0.1, -0.05) is 44.4 Å². The van der Waals surface area contributed by atoms with Gasteiger partial charge in [0.05, 0.1) is 18.1 Å². The standard InChI is InChI=1S/C30H34F4O3/c1-2-17-3-5-18(6-4-17)19-7-9-20(10-8-19)30(35)37-25-14-11-21(15-24(25)31)22-12-13-23(26-16-36-26)28(32)27(22)29(33)34/h11-15,17-20,26,29H,2-10,16H2,1H3. The smallest absolute Gasteiger partial charge is 0.314 e. The second kappa shape index (κ2) is 11.1. The maximum absolute atomic E-state index is 14.9. The van der Waals surface area contributed by atoms with Crippen molar-refractivity contribution in [1.82, 2.24) is 0 Å². The van der Waals surface area contributed by atoms with Gasteiger partial charge in [0.25, 0.3) is 6.43 Å². The lowest BCUT2D eigenvalue weighted by Crippen LogP contribution is -2.30. The lowest BCUT2D eigenvalue weighted by Gasteiger charge is -2.37. The number of esters is 1. The van der Waals surface area contributed by atoms with Crippen LogP contribution in [0.3, 0.4) is 0 Å². The quantitative estimate of drug-likeness (QED) is 0.159. The van der Waals surface area contributed by atoms with Crippen molar-refractivity contribution >= 4 is 5.97 Å². The van der Waals surface area contributed by atoms with Gasteiger partial charge in [0.2, 0.25) is 0 Å². The van der Waals surface area contributed by atoms with E-state index in [4.69, 9.17) is 9.47 Å². The Labute approximate surface area is 215 Å². The van der Waals surface area contributed by atoms with Crippen molar-refractivity contribution in [1.29, 1.82) is 0 Å². The van der Waals surface area contributed by atoms with Crippen LogP contribution < -0.4 is 4.74 Å². The van der Waals surface area contributed by atoms with Gasteiger partial charge < -0.3 is 9.47 Å². The maximum Gasteiger partial charge on any atom is 0.314 e. The summed E-state index contributed by atoms with van der Waals surface area (Å²) in [5.41, 5.74) is -0.710. The molecule has 3 fully saturated rings. The number of ether oxygens (including phenoxy) is 2. The van der Waals surface area contributed by atoms with Crippen LogP contribution in [-0.2, 0) is 9.53 Å². The van der Waals surface area contributed by atoms with E-state index in [0.717, 1.165) is 43.6 Å². The van der Waals surface area contributed by atoms with Crippen LogP contribution in [-0.4, -0.2) is 12.6 Å². The van der Waals surface area contributed by atoms with Crippen molar-refractivity contribution in [2.24, 2.45) is 23.7 Å². The van der Waals surface area contributed by atoms with Gasteiger partial charge in [-0.25, -0.2) is 17.6 Å². The predicted molar refractivity (Wildman–Crippen MR) is 132 cm³/mol. The van der Waals surface area contributed by atoms with Crippen molar-refractivity contribution < 1.29 is 31.8 Å². The van der Waals surface area contributed by atoms with Crippen LogP contribution in [0.15, 0.2) is 30.3 Å². The van der Waals surface area contributed by atoms with E-state index in [9.17, 15) is 22.4 Å². The van der Waals surface area contributed by atoms with E-state index in [0.29, 0.717) is 5.92 Å². The zero-order chi connectivity index (χ0) is 26.1. The molecule has 0 amide bonds. The number of rotatable bonds is 7. The second-order valence-electron chi connectivity index (χ2n) is 10.9. The van der Waals surface area contributed by atoms with Crippen molar-refractivity contribution in [3.8, 4) is 16.9 Å². The fourth-order valence-corrected chi connectivity index (χ4v) is 6.39. The highest BCUT2D eigenvalue weighted by Gasteiger charge is 2.34. The molecule has 200 valence electrons. The Kier molecular flexibility index (Phi) is 7.89. The van der Waals surface area contributed by atoms with Crippen LogP contribution in [0.1, 0.15) is 88.4 Å². The number of alkyl halides is 2. The minimum absolute atomic E-state index is 0.0773. The number of halogens is 4. The molecule has 2 aliphatic carbocycles. The molecule has 1 atom stereocenters. The largest absolute Gasteiger partial charge is 0.423 e. The Morgan fingerprint density at radius 2 is 1.62 bits per heavy atom. The van der Waals surface area contributed by atoms with Gasteiger partial charge in [-0.05, 0) is 79.5 Å². The summed E-state index contributed by atoms with van der Waals surface area (Å²) in [4.78, 5) is 12.8. The summed E-state index contributed by atoms with van der Waals surface area (Å²) in [7, 11) is 0. The SMILES string of the molecule is CCC1CCC(C2CCC(C(=O)Oc3ccc(-c4ccc(C5CO5)c(F)c4C(F)F)cc3F)CC2)CC1. The molecule has 2 saturated carbocycles. The van der Waals surface area contributed by atoms with Gasteiger partial charge in [-0.2, -0.15) is 0 Å². The third-order valence-corrected chi connectivity index (χ3v) is 8.80. The maximum atomic E-state index is 14.9. The average Bonchev–Trinajstić information content (AvgIpc) is 3.75. The van der Waals surface area contributed by atoms with E-state index < -0.39 is 35.7 Å². The van der Waals surface area contributed by atoms with Gasteiger partial charge in [0, 0.05) is 5.56 Å². The molecule has 1 unspecified atom stereocenters. The Morgan fingerprint density at radius 3 is 2.19 bits per heavy atom. The van der Waals surface area contributed by atoms with E-state index in [1.165, 1.54) is 56.4 Å². The third kappa shape index (κ3) is 5.71. The Bertz CT molecular complexity index is 1110. The first-order valence-corrected chi connectivity index (χ1v) is 13.6. The molecule has 0 N–H and O–H groups in total. The lowest BCUT2D eigenvalue weighted by molar-refractivity contribution is -0.140. The summed E-state index contributed by atoms with van der Waals surface area (Å²) in [5, 5.41) is 0. The van der Waals surface area contributed by atoms with E-state index >= 15 is 0 Å². The van der Waals surface area contributed by atoms with Gasteiger partial charge in [-0.3, -0.25) is 4.79 Å². The molecule has 3 aliphatic rings. The van der Waals surface area contributed by atoms with Crippen molar-refractivity contribution in [3.05, 3.63) is 53.1 Å². The van der Waals surface area contributed by atoms with Crippen LogP contribution in [0, 0.1) is 35.3 Å².